The fourth-order valence-electron chi connectivity index (χ4n) is 5.22. The van der Waals surface area contributed by atoms with Crippen molar-refractivity contribution in [3.63, 3.8) is 0 Å². The molecule has 0 radical (unpaired) electrons. The van der Waals surface area contributed by atoms with E-state index in [1.54, 1.807) is 18.2 Å². The van der Waals surface area contributed by atoms with Crippen LogP contribution in [0.15, 0.2) is 23.8 Å². The van der Waals surface area contributed by atoms with Gasteiger partial charge in [0.1, 0.15) is 11.5 Å². The van der Waals surface area contributed by atoms with Crippen LogP contribution < -0.4 is 4.74 Å². The van der Waals surface area contributed by atoms with Crippen molar-refractivity contribution in [2.75, 3.05) is 7.04 Å². The zero-order chi connectivity index (χ0) is 19.3. The van der Waals surface area contributed by atoms with Crippen molar-refractivity contribution in [1.82, 2.24) is 0 Å². The third kappa shape index (κ3) is 2.73. The summed E-state index contributed by atoms with van der Waals surface area (Å²) in [6.07, 6.45) is 5.76. The Labute approximate surface area is 152 Å². The molecule has 4 bridgehead atoms. The van der Waals surface area contributed by atoms with Gasteiger partial charge in [-0.05, 0) is 79.5 Å². The quantitative estimate of drug-likeness (QED) is 0.433. The highest BCUT2D eigenvalue weighted by molar-refractivity contribution is 6.32. The van der Waals surface area contributed by atoms with E-state index in [9.17, 15) is 4.79 Å². The lowest BCUT2D eigenvalue weighted by Crippen LogP contribution is -2.40. The summed E-state index contributed by atoms with van der Waals surface area (Å²) < 4.78 is 33.7. The van der Waals surface area contributed by atoms with Gasteiger partial charge < -0.3 is 9.47 Å². The average Bonchev–Trinajstić information content (AvgIpc) is 2.53. The lowest BCUT2D eigenvalue weighted by atomic mass is 9.54. The maximum Gasteiger partial charge on any atom is 0.308 e. The lowest BCUT2D eigenvalue weighted by Gasteiger charge is -2.51. The highest BCUT2D eigenvalue weighted by Gasteiger charge is 2.46. The first-order valence-electron chi connectivity index (χ1n) is 10.1. The summed E-state index contributed by atoms with van der Waals surface area (Å²) in [5, 5.41) is 0.303. The molecule has 0 heterocycles. The Hall–Kier alpha value is -1.48. The van der Waals surface area contributed by atoms with Crippen molar-refractivity contribution in [3.8, 4) is 5.75 Å². The Morgan fingerprint density at radius 2 is 1.83 bits per heavy atom. The molecule has 1 aromatic carbocycles. The molecule has 4 aliphatic carbocycles. The van der Waals surface area contributed by atoms with Gasteiger partial charge in [0.2, 0.25) is 0 Å². The number of benzene rings is 1. The molecule has 0 atom stereocenters. The van der Waals surface area contributed by atoms with Gasteiger partial charge in [-0.3, -0.25) is 4.79 Å². The lowest BCUT2D eigenvalue weighted by molar-refractivity contribution is -0.131. The van der Waals surface area contributed by atoms with E-state index >= 15 is 0 Å². The van der Waals surface area contributed by atoms with Crippen molar-refractivity contribution in [2.45, 2.75) is 39.0 Å². The first-order chi connectivity index (χ1) is 12.7. The fraction of sp³-hybridized carbons (Fsp3) is 0.550. The molecule has 4 heteroatoms. The normalized spacial score (nSPS) is 32.8. The molecule has 0 aromatic heterocycles. The van der Waals surface area contributed by atoms with E-state index in [0.29, 0.717) is 28.2 Å². The zero-order valence-corrected chi connectivity index (χ0v) is 14.4. The number of halogens is 1. The first-order valence-corrected chi connectivity index (χ1v) is 8.99. The molecule has 4 fully saturated rings. The summed E-state index contributed by atoms with van der Waals surface area (Å²) in [7, 11) is -2.54. The Morgan fingerprint density at radius 3 is 2.42 bits per heavy atom. The molecule has 24 heavy (non-hydrogen) atoms. The highest BCUT2D eigenvalue weighted by Crippen LogP contribution is 2.58. The fourth-order valence-corrected chi connectivity index (χ4v) is 5.38. The molecule has 1 aromatic rings. The van der Waals surface area contributed by atoms with Gasteiger partial charge in [-0.25, -0.2) is 0 Å². The second kappa shape index (κ2) is 6.11. The molecular weight excluding hydrogens is 324 g/mol. The van der Waals surface area contributed by atoms with Crippen LogP contribution in [0, 0.1) is 23.7 Å². The number of ether oxygens (including phenoxy) is 2. The van der Waals surface area contributed by atoms with E-state index in [0.717, 1.165) is 43.1 Å². The van der Waals surface area contributed by atoms with E-state index in [2.05, 4.69) is 0 Å². The van der Waals surface area contributed by atoms with Crippen LogP contribution in [-0.2, 0) is 9.53 Å². The molecule has 128 valence electrons. The minimum Gasteiger partial charge on any atom is -0.496 e. The predicted octanol–water partition coefficient (Wildman–Crippen LogP) is 5.08. The van der Waals surface area contributed by atoms with Crippen LogP contribution in [0.4, 0.5) is 0 Å². The SMILES string of the molecule is [2H]C([2H])([2H])OC(=C1C2CC3CC(C2)CC1C3)c1ccc(Cl)c(OC(C)=O)c1. The van der Waals surface area contributed by atoms with Crippen LogP contribution in [0.3, 0.4) is 0 Å². The van der Waals surface area contributed by atoms with Crippen LogP contribution in [0.1, 0.15) is 48.7 Å². The number of allylic oxidation sites excluding steroid dienone is 1. The van der Waals surface area contributed by atoms with Crippen LogP contribution in [0.25, 0.3) is 5.76 Å². The summed E-state index contributed by atoms with van der Waals surface area (Å²) in [5.41, 5.74) is 1.74. The Bertz CT molecular complexity index is 770. The summed E-state index contributed by atoms with van der Waals surface area (Å²) in [6, 6.07) is 4.98. The van der Waals surface area contributed by atoms with Crippen molar-refractivity contribution in [3.05, 3.63) is 34.4 Å². The van der Waals surface area contributed by atoms with Crippen molar-refractivity contribution < 1.29 is 18.4 Å². The number of hydrogen-bond donors (Lipinski definition) is 0. The molecule has 0 saturated heterocycles. The maximum absolute atomic E-state index is 11.4. The molecule has 4 aliphatic rings. The third-order valence-electron chi connectivity index (χ3n) is 5.83. The standard InChI is InChI=1S/C20H23ClO3/c1-11(22)24-18-10-14(3-4-17(18)21)20(23-2)19-15-6-12-5-13(8-15)9-16(19)7-12/h3-4,10,12-13,15-16H,5-9H2,1-2H3/i2D3. The van der Waals surface area contributed by atoms with Gasteiger partial charge in [-0.2, -0.15) is 0 Å². The largest absolute Gasteiger partial charge is 0.496 e. The molecule has 0 N–H and O–H groups in total. The molecular formula is C20H23ClO3. The van der Waals surface area contributed by atoms with Crippen molar-refractivity contribution in [2.24, 2.45) is 23.7 Å². The number of methoxy groups -OCH3 is 1. The summed E-state index contributed by atoms with van der Waals surface area (Å²) in [4.78, 5) is 11.4. The van der Waals surface area contributed by atoms with Crippen LogP contribution in [0.2, 0.25) is 5.02 Å². The number of rotatable bonds is 3. The van der Waals surface area contributed by atoms with Gasteiger partial charge >= 0.3 is 5.97 Å². The maximum atomic E-state index is 11.4. The first kappa shape index (κ1) is 12.8. The summed E-state index contributed by atoms with van der Waals surface area (Å²) in [5.74, 6) is 2.44. The van der Waals surface area contributed by atoms with Gasteiger partial charge in [0.15, 0.2) is 0 Å². The molecule has 0 spiro atoms. The predicted molar refractivity (Wildman–Crippen MR) is 93.7 cm³/mol. The Morgan fingerprint density at radius 1 is 1.17 bits per heavy atom. The molecule has 0 amide bonds. The second-order valence-corrected chi connectivity index (χ2v) is 7.84. The van der Waals surface area contributed by atoms with Crippen LogP contribution in [-0.4, -0.2) is 13.0 Å². The van der Waals surface area contributed by atoms with Crippen LogP contribution in [0.5, 0.6) is 5.75 Å². The highest BCUT2D eigenvalue weighted by atomic mass is 35.5. The number of carbonyl (C=O) groups is 1. The third-order valence-corrected chi connectivity index (χ3v) is 6.14. The van der Waals surface area contributed by atoms with E-state index in [1.165, 1.54) is 13.3 Å². The smallest absolute Gasteiger partial charge is 0.308 e. The van der Waals surface area contributed by atoms with Crippen LogP contribution >= 0.6 is 11.6 Å². The molecule has 4 saturated carbocycles. The Balaban J connectivity index is 1.80. The second-order valence-electron chi connectivity index (χ2n) is 7.43. The van der Waals surface area contributed by atoms with E-state index in [4.69, 9.17) is 25.2 Å². The topological polar surface area (TPSA) is 35.5 Å². The van der Waals surface area contributed by atoms with Crippen molar-refractivity contribution in [1.29, 1.82) is 0 Å². The van der Waals surface area contributed by atoms with Gasteiger partial charge in [0.25, 0.3) is 0 Å². The molecule has 3 nitrogen and oxygen atoms in total. The molecule has 0 aliphatic heterocycles. The van der Waals surface area contributed by atoms with E-state index < -0.39 is 13.0 Å². The molecule has 0 unspecified atom stereocenters. The molecule has 5 rings (SSSR count). The van der Waals surface area contributed by atoms with Gasteiger partial charge in [-0.1, -0.05) is 11.6 Å². The zero-order valence-electron chi connectivity index (χ0n) is 16.7. The Kier molecular flexibility index (Phi) is 3.26. The summed E-state index contributed by atoms with van der Waals surface area (Å²) in [6.45, 7) is 1.30. The van der Waals surface area contributed by atoms with E-state index in [1.807, 2.05) is 0 Å². The summed E-state index contributed by atoms with van der Waals surface area (Å²) >= 11 is 6.14. The minimum atomic E-state index is -2.54. The number of carbonyl (C=O) groups excluding carboxylic acids is 1. The van der Waals surface area contributed by atoms with Gasteiger partial charge in [0.05, 0.1) is 16.2 Å². The average molecular weight is 350 g/mol. The van der Waals surface area contributed by atoms with E-state index in [-0.39, 0.29) is 5.75 Å². The van der Waals surface area contributed by atoms with Gasteiger partial charge in [-0.15, -0.1) is 0 Å². The number of hydrogen-bond acceptors (Lipinski definition) is 3. The van der Waals surface area contributed by atoms with Crippen molar-refractivity contribution >= 4 is 23.3 Å². The number of esters is 1. The monoisotopic (exact) mass is 349 g/mol. The van der Waals surface area contributed by atoms with Gasteiger partial charge in [0, 0.05) is 12.5 Å². The minimum absolute atomic E-state index is 0.220.